The zero-order chi connectivity index (χ0) is 10.6. The molecule has 0 aliphatic heterocycles. The summed E-state index contributed by atoms with van der Waals surface area (Å²) in [6, 6.07) is 5.02. The molecule has 14 heavy (non-hydrogen) atoms. The van der Waals surface area contributed by atoms with Crippen molar-refractivity contribution >= 4 is 23.1 Å². The van der Waals surface area contributed by atoms with E-state index >= 15 is 0 Å². The van der Waals surface area contributed by atoms with Gasteiger partial charge in [-0.05, 0) is 24.6 Å². The monoisotopic (exact) mass is 211 g/mol. The highest BCUT2D eigenvalue weighted by Crippen LogP contribution is 2.20. The van der Waals surface area contributed by atoms with Crippen LogP contribution in [0.15, 0.2) is 18.2 Å². The van der Waals surface area contributed by atoms with E-state index in [4.69, 9.17) is 17.3 Å². The number of nitrogen functional groups attached to an aromatic ring is 1. The average molecular weight is 212 g/mol. The molecular weight excluding hydrogens is 198 g/mol. The maximum absolute atomic E-state index is 11.6. The lowest BCUT2D eigenvalue weighted by atomic mass is 10.1. The second kappa shape index (κ2) is 5.01. The highest BCUT2D eigenvalue weighted by molar-refractivity contribution is 6.33. The van der Waals surface area contributed by atoms with Crippen molar-refractivity contribution in [2.45, 2.75) is 26.2 Å². The average Bonchev–Trinajstić information content (AvgIpc) is 2.18. The third-order valence-electron chi connectivity index (χ3n) is 2.08. The summed E-state index contributed by atoms with van der Waals surface area (Å²) in [6.07, 6.45) is 2.52. The van der Waals surface area contributed by atoms with Gasteiger partial charge in [0.25, 0.3) is 0 Å². The number of anilines is 1. The first-order valence-electron chi connectivity index (χ1n) is 4.73. The van der Waals surface area contributed by atoms with Crippen LogP contribution in [-0.2, 0) is 0 Å². The van der Waals surface area contributed by atoms with Gasteiger partial charge in [0, 0.05) is 12.0 Å². The molecule has 0 atom stereocenters. The van der Waals surface area contributed by atoms with Crippen molar-refractivity contribution < 1.29 is 4.79 Å². The van der Waals surface area contributed by atoms with E-state index in [0.29, 0.717) is 22.7 Å². The molecule has 0 spiro atoms. The summed E-state index contributed by atoms with van der Waals surface area (Å²) in [5, 5.41) is 0.497. The van der Waals surface area contributed by atoms with E-state index < -0.39 is 0 Å². The van der Waals surface area contributed by atoms with E-state index in [9.17, 15) is 4.79 Å². The second-order valence-electron chi connectivity index (χ2n) is 3.26. The molecule has 0 radical (unpaired) electrons. The fourth-order valence-corrected chi connectivity index (χ4v) is 1.32. The van der Waals surface area contributed by atoms with E-state index in [1.807, 2.05) is 0 Å². The highest BCUT2D eigenvalue weighted by atomic mass is 35.5. The Balaban J connectivity index is 2.76. The molecule has 0 unspecified atom stereocenters. The minimum Gasteiger partial charge on any atom is -0.398 e. The summed E-state index contributed by atoms with van der Waals surface area (Å²) in [6.45, 7) is 2.06. The number of Topliss-reactive ketones (excluding diaryl/α,β-unsaturated/α-hetero) is 1. The standard InChI is InChI=1S/C11H14ClNO/c1-2-3-4-11(14)8-5-6-9(12)10(13)7-8/h5-7H,2-4,13H2,1H3. The Kier molecular flexibility index (Phi) is 3.96. The largest absolute Gasteiger partial charge is 0.398 e. The molecule has 0 heterocycles. The Labute approximate surface area is 89.1 Å². The molecule has 0 amide bonds. The summed E-state index contributed by atoms with van der Waals surface area (Å²) in [7, 11) is 0. The van der Waals surface area contributed by atoms with Gasteiger partial charge < -0.3 is 5.73 Å². The predicted molar refractivity (Wildman–Crippen MR) is 59.7 cm³/mol. The van der Waals surface area contributed by atoms with Crippen molar-refractivity contribution in [2.24, 2.45) is 0 Å². The predicted octanol–water partition coefficient (Wildman–Crippen LogP) is 3.30. The Morgan fingerprint density at radius 3 is 2.79 bits per heavy atom. The summed E-state index contributed by atoms with van der Waals surface area (Å²) in [5.41, 5.74) is 6.72. The number of ketones is 1. The van der Waals surface area contributed by atoms with Crippen molar-refractivity contribution in [2.75, 3.05) is 5.73 Å². The van der Waals surface area contributed by atoms with Crippen LogP contribution >= 0.6 is 11.6 Å². The van der Waals surface area contributed by atoms with Crippen LogP contribution in [-0.4, -0.2) is 5.78 Å². The van der Waals surface area contributed by atoms with Crippen LogP contribution < -0.4 is 5.73 Å². The molecule has 1 aromatic rings. The quantitative estimate of drug-likeness (QED) is 0.614. The van der Waals surface area contributed by atoms with Gasteiger partial charge >= 0.3 is 0 Å². The van der Waals surface area contributed by atoms with E-state index in [0.717, 1.165) is 12.8 Å². The van der Waals surface area contributed by atoms with Gasteiger partial charge in [0.15, 0.2) is 5.78 Å². The van der Waals surface area contributed by atoms with Crippen LogP contribution in [0.2, 0.25) is 5.02 Å². The fraction of sp³-hybridized carbons (Fsp3) is 0.364. The summed E-state index contributed by atoms with van der Waals surface area (Å²) < 4.78 is 0. The minimum atomic E-state index is 0.134. The molecule has 76 valence electrons. The van der Waals surface area contributed by atoms with Gasteiger partial charge in [-0.25, -0.2) is 0 Å². The second-order valence-corrected chi connectivity index (χ2v) is 3.67. The molecule has 3 heteroatoms. The first-order chi connectivity index (χ1) is 6.65. The Bertz CT molecular complexity index is 336. The molecule has 0 bridgehead atoms. The van der Waals surface area contributed by atoms with Crippen LogP contribution in [0.25, 0.3) is 0 Å². The van der Waals surface area contributed by atoms with Crippen molar-refractivity contribution in [3.8, 4) is 0 Å². The number of carbonyl (C=O) groups is 1. The van der Waals surface area contributed by atoms with Gasteiger partial charge in [0.1, 0.15) is 0 Å². The van der Waals surface area contributed by atoms with Crippen LogP contribution in [0.3, 0.4) is 0 Å². The highest BCUT2D eigenvalue weighted by Gasteiger charge is 2.06. The van der Waals surface area contributed by atoms with E-state index in [-0.39, 0.29) is 5.78 Å². The molecule has 0 saturated carbocycles. The van der Waals surface area contributed by atoms with Crippen LogP contribution in [0.5, 0.6) is 0 Å². The first kappa shape index (κ1) is 11.1. The number of nitrogens with two attached hydrogens (primary N) is 1. The van der Waals surface area contributed by atoms with Crippen LogP contribution in [0.4, 0.5) is 5.69 Å². The van der Waals surface area contributed by atoms with E-state index in [2.05, 4.69) is 6.92 Å². The van der Waals surface area contributed by atoms with Gasteiger partial charge in [-0.2, -0.15) is 0 Å². The molecule has 0 aromatic heterocycles. The Morgan fingerprint density at radius 1 is 1.50 bits per heavy atom. The molecule has 2 nitrogen and oxygen atoms in total. The van der Waals surface area contributed by atoms with Gasteiger partial charge in [0.05, 0.1) is 10.7 Å². The molecule has 1 aromatic carbocycles. The van der Waals surface area contributed by atoms with Crippen LogP contribution in [0, 0.1) is 0 Å². The number of hydrogen-bond acceptors (Lipinski definition) is 2. The number of benzene rings is 1. The van der Waals surface area contributed by atoms with Crippen molar-refractivity contribution in [1.82, 2.24) is 0 Å². The van der Waals surface area contributed by atoms with Gasteiger partial charge in [-0.15, -0.1) is 0 Å². The number of hydrogen-bond donors (Lipinski definition) is 1. The van der Waals surface area contributed by atoms with Gasteiger partial charge in [-0.1, -0.05) is 24.9 Å². The lowest BCUT2D eigenvalue weighted by Crippen LogP contribution is -2.00. The Morgan fingerprint density at radius 2 is 2.21 bits per heavy atom. The molecule has 0 saturated heterocycles. The lowest BCUT2D eigenvalue weighted by Gasteiger charge is -2.02. The molecular formula is C11H14ClNO. The van der Waals surface area contributed by atoms with Crippen molar-refractivity contribution in [3.05, 3.63) is 28.8 Å². The van der Waals surface area contributed by atoms with Crippen molar-refractivity contribution in [1.29, 1.82) is 0 Å². The topological polar surface area (TPSA) is 43.1 Å². The number of halogens is 1. The normalized spacial score (nSPS) is 10.1. The smallest absolute Gasteiger partial charge is 0.162 e. The van der Waals surface area contributed by atoms with Crippen molar-refractivity contribution in [3.63, 3.8) is 0 Å². The van der Waals surface area contributed by atoms with E-state index in [1.54, 1.807) is 18.2 Å². The summed E-state index contributed by atoms with van der Waals surface area (Å²) in [5.74, 6) is 0.134. The molecule has 1 rings (SSSR count). The number of unbranched alkanes of at least 4 members (excludes halogenated alkanes) is 1. The zero-order valence-electron chi connectivity index (χ0n) is 8.22. The minimum absolute atomic E-state index is 0.134. The summed E-state index contributed by atoms with van der Waals surface area (Å²) in [4.78, 5) is 11.6. The molecule has 0 aliphatic rings. The summed E-state index contributed by atoms with van der Waals surface area (Å²) >= 11 is 5.75. The molecule has 2 N–H and O–H groups in total. The maximum Gasteiger partial charge on any atom is 0.162 e. The lowest BCUT2D eigenvalue weighted by molar-refractivity contribution is 0.0980. The number of carbonyl (C=O) groups excluding carboxylic acids is 1. The number of rotatable bonds is 4. The van der Waals surface area contributed by atoms with E-state index in [1.165, 1.54) is 0 Å². The third-order valence-corrected chi connectivity index (χ3v) is 2.42. The van der Waals surface area contributed by atoms with Gasteiger partial charge in [-0.3, -0.25) is 4.79 Å². The third kappa shape index (κ3) is 2.74. The fourth-order valence-electron chi connectivity index (χ4n) is 1.20. The first-order valence-corrected chi connectivity index (χ1v) is 5.11. The zero-order valence-corrected chi connectivity index (χ0v) is 8.97. The van der Waals surface area contributed by atoms with Gasteiger partial charge in [0.2, 0.25) is 0 Å². The SMILES string of the molecule is CCCCC(=O)c1ccc(Cl)c(N)c1. The maximum atomic E-state index is 11.6. The Hall–Kier alpha value is -1.02. The molecule has 0 aliphatic carbocycles. The van der Waals surface area contributed by atoms with Crippen LogP contribution in [0.1, 0.15) is 36.5 Å². The molecule has 0 fully saturated rings.